The summed E-state index contributed by atoms with van der Waals surface area (Å²) in [7, 11) is -4.04. The second-order valence-corrected chi connectivity index (χ2v) is 8.21. The average Bonchev–Trinajstić information content (AvgIpc) is 3.42. The molecule has 0 unspecified atom stereocenters. The lowest BCUT2D eigenvalue weighted by atomic mass is 10.2. The maximum absolute atomic E-state index is 12.8. The van der Waals surface area contributed by atoms with E-state index in [1.807, 2.05) is 0 Å². The zero-order valence-electron chi connectivity index (χ0n) is 14.9. The number of nitro groups is 1. The highest BCUT2D eigenvalue weighted by Crippen LogP contribution is 2.32. The van der Waals surface area contributed by atoms with Crippen molar-refractivity contribution in [3.05, 3.63) is 57.6 Å². The molecule has 0 atom stereocenters. The van der Waals surface area contributed by atoms with Gasteiger partial charge >= 0.3 is 0 Å². The van der Waals surface area contributed by atoms with Crippen molar-refractivity contribution in [1.29, 1.82) is 0 Å². The zero-order chi connectivity index (χ0) is 19.8. The Hall–Kier alpha value is -2.94. The largest absolute Gasteiger partial charge is 0.326 e. The number of carbonyl (C=O) groups is 1. The number of sulfonamides is 1. The van der Waals surface area contributed by atoms with Crippen molar-refractivity contribution in [3.8, 4) is 0 Å². The zero-order valence-corrected chi connectivity index (χ0v) is 15.7. The first-order chi connectivity index (χ1) is 12.7. The van der Waals surface area contributed by atoms with Crippen LogP contribution in [0.4, 0.5) is 17.1 Å². The van der Waals surface area contributed by atoms with E-state index in [0.717, 1.165) is 12.8 Å². The monoisotopic (exact) mass is 389 g/mol. The Morgan fingerprint density at radius 3 is 2.52 bits per heavy atom. The Labute approximate surface area is 156 Å². The van der Waals surface area contributed by atoms with Crippen LogP contribution in [0.5, 0.6) is 0 Å². The summed E-state index contributed by atoms with van der Waals surface area (Å²) in [6, 6.07) is 8.84. The van der Waals surface area contributed by atoms with Crippen LogP contribution in [0.15, 0.2) is 41.3 Å². The number of nitrogens with one attached hydrogen (secondary N) is 2. The molecule has 0 saturated heterocycles. The van der Waals surface area contributed by atoms with Gasteiger partial charge in [0.15, 0.2) is 0 Å². The van der Waals surface area contributed by atoms with Crippen molar-refractivity contribution in [3.63, 3.8) is 0 Å². The number of nitrogens with zero attached hydrogens (tertiary/aromatic N) is 1. The number of hydrogen-bond donors (Lipinski definition) is 2. The van der Waals surface area contributed by atoms with E-state index in [0.29, 0.717) is 16.9 Å². The van der Waals surface area contributed by atoms with Crippen molar-refractivity contribution in [2.75, 3.05) is 10.0 Å². The number of hydrogen-bond acceptors (Lipinski definition) is 5. The van der Waals surface area contributed by atoms with Gasteiger partial charge in [-0.3, -0.25) is 19.6 Å². The smallest absolute Gasteiger partial charge is 0.273 e. The third-order valence-corrected chi connectivity index (χ3v) is 5.95. The van der Waals surface area contributed by atoms with Crippen molar-refractivity contribution in [1.82, 2.24) is 0 Å². The topological polar surface area (TPSA) is 118 Å². The van der Waals surface area contributed by atoms with Gasteiger partial charge in [-0.15, -0.1) is 0 Å². The van der Waals surface area contributed by atoms with Crippen LogP contribution in [0.2, 0.25) is 0 Å². The lowest BCUT2D eigenvalue weighted by molar-refractivity contribution is -0.385. The highest BCUT2D eigenvalue weighted by atomic mass is 32.2. The number of amides is 1. The third-order valence-electron chi connectivity index (χ3n) is 4.44. The van der Waals surface area contributed by atoms with Crippen LogP contribution in [0.1, 0.15) is 24.0 Å². The van der Waals surface area contributed by atoms with Gasteiger partial charge in [-0.25, -0.2) is 8.42 Å². The van der Waals surface area contributed by atoms with Crippen LogP contribution in [0, 0.1) is 29.9 Å². The van der Waals surface area contributed by atoms with E-state index in [4.69, 9.17) is 0 Å². The van der Waals surface area contributed by atoms with Crippen molar-refractivity contribution in [2.24, 2.45) is 5.92 Å². The Balaban J connectivity index is 1.90. The van der Waals surface area contributed by atoms with E-state index in [1.165, 1.54) is 25.1 Å². The molecule has 1 aliphatic rings. The summed E-state index contributed by atoms with van der Waals surface area (Å²) in [4.78, 5) is 22.2. The van der Waals surface area contributed by atoms with Crippen molar-refractivity contribution < 1.29 is 18.1 Å². The SMILES string of the molecule is Cc1ccc(NC(=O)C2CC2)cc1NS(=O)(=O)c1cccc([N+](=O)[O-])c1C. The molecule has 27 heavy (non-hydrogen) atoms. The van der Waals surface area contributed by atoms with Gasteiger partial charge in [0, 0.05) is 23.2 Å². The highest BCUT2D eigenvalue weighted by molar-refractivity contribution is 7.92. The first-order valence-corrected chi connectivity index (χ1v) is 9.85. The Morgan fingerprint density at radius 2 is 1.89 bits per heavy atom. The fourth-order valence-corrected chi connectivity index (χ4v) is 4.08. The van der Waals surface area contributed by atoms with Crippen molar-refractivity contribution >= 4 is 33.0 Å². The van der Waals surface area contributed by atoms with Gasteiger partial charge in [0.05, 0.1) is 15.5 Å². The summed E-state index contributed by atoms with van der Waals surface area (Å²) in [6.07, 6.45) is 1.73. The molecule has 2 N–H and O–H groups in total. The van der Waals surface area contributed by atoms with Crippen LogP contribution < -0.4 is 10.0 Å². The predicted molar refractivity (Wildman–Crippen MR) is 101 cm³/mol. The van der Waals surface area contributed by atoms with Crippen LogP contribution >= 0.6 is 0 Å². The highest BCUT2D eigenvalue weighted by Gasteiger charge is 2.29. The summed E-state index contributed by atoms with van der Waals surface area (Å²) in [5.41, 5.74) is 1.25. The molecule has 0 spiro atoms. The molecule has 2 aromatic rings. The summed E-state index contributed by atoms with van der Waals surface area (Å²) in [5.74, 6) is -0.0545. The minimum absolute atomic E-state index is 0.0268. The molecule has 142 valence electrons. The maximum Gasteiger partial charge on any atom is 0.273 e. The number of anilines is 2. The molecule has 1 aliphatic carbocycles. The molecule has 3 rings (SSSR count). The van der Waals surface area contributed by atoms with E-state index in [9.17, 15) is 23.3 Å². The van der Waals surface area contributed by atoms with Gasteiger partial charge in [-0.1, -0.05) is 12.1 Å². The third kappa shape index (κ3) is 4.08. The van der Waals surface area contributed by atoms with Gasteiger partial charge in [0.25, 0.3) is 15.7 Å². The minimum Gasteiger partial charge on any atom is -0.326 e. The maximum atomic E-state index is 12.8. The van der Waals surface area contributed by atoms with Gasteiger partial charge in [0.1, 0.15) is 0 Å². The summed E-state index contributed by atoms with van der Waals surface area (Å²) >= 11 is 0. The molecule has 9 heteroatoms. The number of rotatable bonds is 6. The lowest BCUT2D eigenvalue weighted by Gasteiger charge is -2.14. The lowest BCUT2D eigenvalue weighted by Crippen LogP contribution is -2.17. The molecule has 0 bridgehead atoms. The minimum atomic E-state index is -4.04. The quantitative estimate of drug-likeness (QED) is 0.580. The van der Waals surface area contributed by atoms with E-state index < -0.39 is 14.9 Å². The first-order valence-electron chi connectivity index (χ1n) is 8.37. The molecule has 2 aromatic carbocycles. The predicted octanol–water partition coefficient (Wildman–Crippen LogP) is 3.36. The van der Waals surface area contributed by atoms with E-state index in [1.54, 1.807) is 25.1 Å². The molecular formula is C18H19N3O5S. The molecule has 0 aromatic heterocycles. The van der Waals surface area contributed by atoms with Crippen LogP contribution in [0.25, 0.3) is 0 Å². The summed E-state index contributed by atoms with van der Waals surface area (Å²) in [5, 5.41) is 13.8. The number of benzene rings is 2. The molecule has 8 nitrogen and oxygen atoms in total. The molecule has 1 fully saturated rings. The Kier molecular flexibility index (Phi) is 4.88. The average molecular weight is 389 g/mol. The van der Waals surface area contributed by atoms with Gasteiger partial charge in [0.2, 0.25) is 5.91 Å². The number of nitro benzene ring substituents is 1. The summed E-state index contributed by atoms with van der Waals surface area (Å²) in [6.45, 7) is 3.12. The van der Waals surface area contributed by atoms with Crippen LogP contribution in [0.3, 0.4) is 0 Å². The van der Waals surface area contributed by atoms with Crippen LogP contribution in [-0.4, -0.2) is 19.2 Å². The number of carbonyl (C=O) groups excluding carboxylic acids is 1. The fourth-order valence-electron chi connectivity index (χ4n) is 2.69. The van der Waals surface area contributed by atoms with Crippen LogP contribution in [-0.2, 0) is 14.8 Å². The molecule has 0 aliphatic heterocycles. The molecule has 1 amide bonds. The van der Waals surface area contributed by atoms with E-state index in [-0.39, 0.29) is 28.0 Å². The molecule has 0 heterocycles. The van der Waals surface area contributed by atoms with Crippen molar-refractivity contribution in [2.45, 2.75) is 31.6 Å². The Morgan fingerprint density at radius 1 is 1.19 bits per heavy atom. The fraction of sp³-hybridized carbons (Fsp3) is 0.278. The molecule has 0 radical (unpaired) electrons. The van der Waals surface area contributed by atoms with E-state index >= 15 is 0 Å². The second-order valence-electron chi connectivity index (χ2n) is 6.56. The standard InChI is InChI=1S/C18H19N3O5S/c1-11-6-9-14(19-18(22)13-7-8-13)10-15(11)20-27(25,26)17-5-3-4-16(12(17)2)21(23)24/h3-6,9-10,13,20H,7-8H2,1-2H3,(H,19,22). The first kappa shape index (κ1) is 18.8. The summed E-state index contributed by atoms with van der Waals surface area (Å²) < 4.78 is 28.0. The second kappa shape index (κ2) is 6.99. The normalized spacial score (nSPS) is 13.9. The Bertz CT molecular complexity index is 1030. The van der Waals surface area contributed by atoms with Gasteiger partial charge in [-0.05, 0) is 50.5 Å². The number of aryl methyl sites for hydroxylation is 1. The van der Waals surface area contributed by atoms with Gasteiger partial charge in [-0.2, -0.15) is 0 Å². The van der Waals surface area contributed by atoms with E-state index in [2.05, 4.69) is 10.0 Å². The molecular weight excluding hydrogens is 370 g/mol. The van der Waals surface area contributed by atoms with Gasteiger partial charge < -0.3 is 5.32 Å². The molecule has 1 saturated carbocycles.